The number of nitrogens with two attached hydrogens (primary N) is 1. The molecule has 142 valence electrons. The Balaban J connectivity index is 1.44. The van der Waals surface area contributed by atoms with Crippen molar-refractivity contribution in [1.82, 2.24) is 19.5 Å². The minimum atomic E-state index is -1.18. The number of ether oxygens (including phenoxy) is 2. The van der Waals surface area contributed by atoms with Crippen molar-refractivity contribution in [3.63, 3.8) is 0 Å². The van der Waals surface area contributed by atoms with E-state index in [1.165, 1.54) is 17.2 Å². The van der Waals surface area contributed by atoms with Gasteiger partial charge in [-0.25, -0.2) is 15.0 Å². The summed E-state index contributed by atoms with van der Waals surface area (Å²) in [5.74, 6) is 0.400. The van der Waals surface area contributed by atoms with Crippen LogP contribution >= 0.6 is 0 Å². The minimum absolute atomic E-state index is 0.0827. The van der Waals surface area contributed by atoms with Gasteiger partial charge in [0.1, 0.15) is 35.9 Å². The predicted molar refractivity (Wildman–Crippen MR) is 93.4 cm³/mol. The highest BCUT2D eigenvalue weighted by atomic mass is 16.6. The lowest BCUT2D eigenvalue weighted by Gasteiger charge is -2.16. The Morgan fingerprint density at radius 1 is 1.11 bits per heavy atom. The van der Waals surface area contributed by atoms with E-state index in [2.05, 4.69) is 15.0 Å². The first-order chi connectivity index (χ1) is 13.0. The van der Waals surface area contributed by atoms with Gasteiger partial charge in [0.05, 0.1) is 19.5 Å². The van der Waals surface area contributed by atoms with Gasteiger partial charge in [-0.3, -0.25) is 4.57 Å². The predicted octanol–water partition coefficient (Wildman–Crippen LogP) is -0.0499. The maximum atomic E-state index is 10.4. The van der Waals surface area contributed by atoms with Crippen LogP contribution in [0.1, 0.15) is 11.8 Å². The lowest BCUT2D eigenvalue weighted by atomic mass is 10.1. The number of rotatable bonds is 5. The van der Waals surface area contributed by atoms with Crippen LogP contribution in [0.3, 0.4) is 0 Å². The van der Waals surface area contributed by atoms with Crippen molar-refractivity contribution in [3.8, 4) is 5.75 Å². The summed E-state index contributed by atoms with van der Waals surface area (Å²) in [5.41, 5.74) is 7.44. The monoisotopic (exact) mass is 373 g/mol. The summed E-state index contributed by atoms with van der Waals surface area (Å²) in [5, 5.41) is 30.0. The smallest absolute Gasteiger partial charge is 0.167 e. The molecule has 0 amide bonds. The molecule has 10 heteroatoms. The van der Waals surface area contributed by atoms with Crippen molar-refractivity contribution in [2.24, 2.45) is 0 Å². The van der Waals surface area contributed by atoms with Crippen LogP contribution in [0, 0.1) is 0 Å². The summed E-state index contributed by atoms with van der Waals surface area (Å²) < 4.78 is 12.9. The van der Waals surface area contributed by atoms with Gasteiger partial charge in [0.2, 0.25) is 0 Å². The number of anilines is 1. The minimum Gasteiger partial charge on any atom is -0.508 e. The molecule has 10 nitrogen and oxygen atoms in total. The molecular formula is C17H19N5O5. The second kappa shape index (κ2) is 7.08. The van der Waals surface area contributed by atoms with Gasteiger partial charge in [0, 0.05) is 0 Å². The van der Waals surface area contributed by atoms with Gasteiger partial charge in [-0.05, 0) is 17.7 Å². The third-order valence-corrected chi connectivity index (χ3v) is 4.49. The normalized spacial score (nSPS) is 25.3. The number of phenols is 1. The van der Waals surface area contributed by atoms with E-state index in [1.807, 2.05) is 0 Å². The number of nitrogens with zero attached hydrogens (tertiary/aromatic N) is 4. The van der Waals surface area contributed by atoms with Crippen LogP contribution in [0.5, 0.6) is 5.75 Å². The van der Waals surface area contributed by atoms with Gasteiger partial charge in [-0.2, -0.15) is 0 Å². The maximum absolute atomic E-state index is 10.4. The van der Waals surface area contributed by atoms with E-state index in [0.717, 1.165) is 5.56 Å². The van der Waals surface area contributed by atoms with E-state index in [4.69, 9.17) is 15.2 Å². The highest BCUT2D eigenvalue weighted by Crippen LogP contribution is 2.32. The van der Waals surface area contributed by atoms with E-state index < -0.39 is 24.5 Å². The zero-order chi connectivity index (χ0) is 19.0. The molecule has 3 heterocycles. The lowest BCUT2D eigenvalue weighted by molar-refractivity contribution is -0.0682. The number of aliphatic hydroxyl groups excluding tert-OH is 2. The standard InChI is InChI=1S/C17H19N5O5/c18-15-12-16(20-7-19-15)22(8-21-12)17-14(25)13(24)11(27-17)6-26-5-9-1-3-10(23)4-2-9/h1-4,7-8,11,13-14,17,23-25H,5-6H2,(H2,18,19,20)/t11-,13-,14-,17-/m1/s1. The molecular weight excluding hydrogens is 354 g/mol. The molecule has 0 unspecified atom stereocenters. The number of phenolic OH excluding ortho intramolecular Hbond substituents is 1. The fourth-order valence-corrected chi connectivity index (χ4v) is 3.04. The molecule has 3 aromatic rings. The first-order valence-electron chi connectivity index (χ1n) is 8.35. The Kier molecular flexibility index (Phi) is 4.62. The molecule has 1 aromatic carbocycles. The number of aliphatic hydroxyl groups is 2. The molecule has 1 saturated heterocycles. The van der Waals surface area contributed by atoms with Crippen molar-refractivity contribution in [2.75, 3.05) is 12.3 Å². The molecule has 0 bridgehead atoms. The summed E-state index contributed by atoms with van der Waals surface area (Å²) in [4.78, 5) is 12.1. The second-order valence-electron chi connectivity index (χ2n) is 6.31. The van der Waals surface area contributed by atoms with E-state index >= 15 is 0 Å². The first kappa shape index (κ1) is 17.6. The van der Waals surface area contributed by atoms with Gasteiger partial charge in [-0.15, -0.1) is 0 Å². The van der Waals surface area contributed by atoms with E-state index in [9.17, 15) is 15.3 Å². The molecule has 4 atom stereocenters. The number of fused-ring (bicyclic) bond motifs is 1. The molecule has 1 aliphatic heterocycles. The molecule has 4 rings (SSSR count). The Morgan fingerprint density at radius 3 is 2.67 bits per heavy atom. The topological polar surface area (TPSA) is 149 Å². The van der Waals surface area contributed by atoms with Crippen LogP contribution < -0.4 is 5.73 Å². The summed E-state index contributed by atoms with van der Waals surface area (Å²) in [6.45, 7) is 0.366. The highest BCUT2D eigenvalue weighted by Gasteiger charge is 2.44. The molecule has 0 saturated carbocycles. The number of hydrogen-bond donors (Lipinski definition) is 4. The number of imidazole rings is 1. The average Bonchev–Trinajstić information content (AvgIpc) is 3.21. The molecule has 0 radical (unpaired) electrons. The molecule has 0 spiro atoms. The van der Waals surface area contributed by atoms with Crippen molar-refractivity contribution >= 4 is 17.0 Å². The third kappa shape index (κ3) is 3.30. The summed E-state index contributed by atoms with van der Waals surface area (Å²) in [7, 11) is 0. The van der Waals surface area contributed by atoms with Crippen LogP contribution in [0.4, 0.5) is 5.82 Å². The Labute approximate surface area is 153 Å². The van der Waals surface area contributed by atoms with Crippen LogP contribution in [-0.2, 0) is 16.1 Å². The Morgan fingerprint density at radius 2 is 1.89 bits per heavy atom. The van der Waals surface area contributed by atoms with Crippen LogP contribution in [0.15, 0.2) is 36.9 Å². The fourth-order valence-electron chi connectivity index (χ4n) is 3.04. The maximum Gasteiger partial charge on any atom is 0.167 e. The van der Waals surface area contributed by atoms with Gasteiger partial charge < -0.3 is 30.5 Å². The van der Waals surface area contributed by atoms with Gasteiger partial charge in [0.25, 0.3) is 0 Å². The molecule has 1 fully saturated rings. The van der Waals surface area contributed by atoms with Gasteiger partial charge in [0.15, 0.2) is 17.7 Å². The molecule has 27 heavy (non-hydrogen) atoms. The van der Waals surface area contributed by atoms with Gasteiger partial charge in [-0.1, -0.05) is 12.1 Å². The summed E-state index contributed by atoms with van der Waals surface area (Å²) in [6, 6.07) is 6.61. The summed E-state index contributed by atoms with van der Waals surface area (Å²) >= 11 is 0. The van der Waals surface area contributed by atoms with E-state index in [1.54, 1.807) is 24.3 Å². The second-order valence-corrected chi connectivity index (χ2v) is 6.31. The number of benzene rings is 1. The fraction of sp³-hybridized carbons (Fsp3) is 0.353. The molecule has 2 aromatic heterocycles. The van der Waals surface area contributed by atoms with Crippen molar-refractivity contribution in [2.45, 2.75) is 31.1 Å². The zero-order valence-corrected chi connectivity index (χ0v) is 14.2. The number of hydrogen-bond acceptors (Lipinski definition) is 9. The van der Waals surface area contributed by atoms with E-state index in [0.29, 0.717) is 11.2 Å². The first-order valence-corrected chi connectivity index (χ1v) is 8.35. The van der Waals surface area contributed by atoms with Crippen molar-refractivity contribution < 1.29 is 24.8 Å². The zero-order valence-electron chi connectivity index (χ0n) is 14.2. The number of nitrogen functional groups attached to an aromatic ring is 1. The SMILES string of the molecule is Nc1ncnc2c1ncn2[C@@H]1O[C@H](COCc2ccc(O)cc2)[C@@H](O)[C@H]1O. The Bertz CT molecular complexity index is 931. The highest BCUT2D eigenvalue weighted by molar-refractivity contribution is 5.81. The van der Waals surface area contributed by atoms with Crippen molar-refractivity contribution in [1.29, 1.82) is 0 Å². The Hall–Kier alpha value is -2.79. The average molecular weight is 373 g/mol. The largest absolute Gasteiger partial charge is 0.508 e. The van der Waals surface area contributed by atoms with Crippen molar-refractivity contribution in [3.05, 3.63) is 42.5 Å². The lowest BCUT2D eigenvalue weighted by Crippen LogP contribution is -2.33. The van der Waals surface area contributed by atoms with Gasteiger partial charge >= 0.3 is 0 Å². The molecule has 0 aliphatic carbocycles. The van der Waals surface area contributed by atoms with Crippen LogP contribution in [0.25, 0.3) is 11.2 Å². The molecule has 1 aliphatic rings. The molecule has 5 N–H and O–H groups in total. The quantitative estimate of drug-likeness (QED) is 0.483. The number of aromatic hydroxyl groups is 1. The number of aromatic nitrogens is 4. The van der Waals surface area contributed by atoms with E-state index in [-0.39, 0.29) is 24.8 Å². The third-order valence-electron chi connectivity index (χ3n) is 4.49. The van der Waals surface area contributed by atoms with Crippen LogP contribution in [0.2, 0.25) is 0 Å². The summed E-state index contributed by atoms with van der Waals surface area (Å²) in [6.07, 6.45) is -1.17. The van der Waals surface area contributed by atoms with Crippen LogP contribution in [-0.4, -0.2) is 59.8 Å².